The first-order chi connectivity index (χ1) is 12.0. The number of nitrogens with two attached hydrogens (primary N) is 1. The largest absolute Gasteiger partial charge is 0.379 e. The molecule has 0 unspecified atom stereocenters. The molecule has 1 aromatic carbocycles. The van der Waals surface area contributed by atoms with Gasteiger partial charge in [0.1, 0.15) is 10.8 Å². The van der Waals surface area contributed by atoms with Crippen LogP contribution in [0.25, 0.3) is 0 Å². The van der Waals surface area contributed by atoms with Gasteiger partial charge in [0, 0.05) is 13.1 Å². The molecule has 2 heterocycles. The summed E-state index contributed by atoms with van der Waals surface area (Å²) in [4.78, 5) is 24.0. The van der Waals surface area contributed by atoms with Gasteiger partial charge in [-0.25, -0.2) is 8.70 Å². The fraction of sp³-hybridized carbons (Fsp3) is 0.250. The minimum Gasteiger partial charge on any atom is -0.379 e. The number of nitrogens with zero attached hydrogens (tertiary/aromatic N) is 1. The van der Waals surface area contributed by atoms with Crippen LogP contribution in [0.15, 0.2) is 34.5 Å². The van der Waals surface area contributed by atoms with E-state index in [1.54, 1.807) is 12.1 Å². The molecule has 1 fully saturated rings. The summed E-state index contributed by atoms with van der Waals surface area (Å²) >= 11 is 2.72. The molecule has 1 aromatic heterocycles. The van der Waals surface area contributed by atoms with E-state index in [4.69, 9.17) is 10.5 Å². The van der Waals surface area contributed by atoms with Crippen molar-refractivity contribution in [2.45, 2.75) is 4.21 Å². The number of halogens is 1. The predicted molar refractivity (Wildman–Crippen MR) is 95.4 cm³/mol. The Balaban J connectivity index is 1.78. The maximum Gasteiger partial charge on any atom is 0.259 e. The summed E-state index contributed by atoms with van der Waals surface area (Å²) in [6.45, 7) is 2.84. The van der Waals surface area contributed by atoms with Crippen molar-refractivity contribution in [3.8, 4) is 0 Å². The highest BCUT2D eigenvalue weighted by atomic mass is 32.2. The van der Waals surface area contributed by atoms with Gasteiger partial charge in [0.25, 0.3) is 11.8 Å². The maximum absolute atomic E-state index is 13.7. The highest BCUT2D eigenvalue weighted by Crippen LogP contribution is 2.37. The molecule has 0 atom stereocenters. The van der Waals surface area contributed by atoms with Crippen LogP contribution >= 0.6 is 23.3 Å². The van der Waals surface area contributed by atoms with Crippen LogP contribution < -0.4 is 11.1 Å². The molecule has 0 aliphatic carbocycles. The van der Waals surface area contributed by atoms with E-state index in [2.05, 4.69) is 9.62 Å². The average Bonchev–Trinajstić information content (AvgIpc) is 2.98. The highest BCUT2D eigenvalue weighted by Gasteiger charge is 2.20. The third kappa shape index (κ3) is 4.37. The number of nitrogens with one attached hydrogen (secondary N) is 1. The molecule has 1 aliphatic heterocycles. The Labute approximate surface area is 152 Å². The fourth-order valence-electron chi connectivity index (χ4n) is 2.27. The zero-order chi connectivity index (χ0) is 17.8. The van der Waals surface area contributed by atoms with Crippen molar-refractivity contribution in [1.82, 2.24) is 4.31 Å². The van der Waals surface area contributed by atoms with Gasteiger partial charge in [-0.15, -0.1) is 11.3 Å². The summed E-state index contributed by atoms with van der Waals surface area (Å²) in [7, 11) is 0. The van der Waals surface area contributed by atoms with Crippen LogP contribution in [-0.4, -0.2) is 42.4 Å². The lowest BCUT2D eigenvalue weighted by atomic mass is 10.2. The molecule has 1 saturated heterocycles. The van der Waals surface area contributed by atoms with Crippen LogP contribution in [0.4, 0.5) is 9.39 Å². The summed E-state index contributed by atoms with van der Waals surface area (Å²) in [6, 6.07) is 7.30. The Hall–Kier alpha value is -1.94. The van der Waals surface area contributed by atoms with Crippen molar-refractivity contribution in [2.75, 3.05) is 31.6 Å². The van der Waals surface area contributed by atoms with Crippen molar-refractivity contribution < 1.29 is 18.7 Å². The predicted octanol–water partition coefficient (Wildman–Crippen LogP) is 2.58. The number of amides is 2. The van der Waals surface area contributed by atoms with Crippen molar-refractivity contribution in [3.05, 3.63) is 47.3 Å². The van der Waals surface area contributed by atoms with Gasteiger partial charge >= 0.3 is 0 Å². The van der Waals surface area contributed by atoms with Crippen LogP contribution in [0.3, 0.4) is 0 Å². The van der Waals surface area contributed by atoms with E-state index >= 15 is 0 Å². The second-order valence-electron chi connectivity index (χ2n) is 5.24. The van der Waals surface area contributed by atoms with Gasteiger partial charge in [-0.2, -0.15) is 0 Å². The molecule has 2 aromatic rings. The smallest absolute Gasteiger partial charge is 0.259 e. The first-order valence-electron chi connectivity index (χ1n) is 7.55. The van der Waals surface area contributed by atoms with Gasteiger partial charge in [-0.05, 0) is 30.1 Å². The molecule has 3 N–H and O–H groups in total. The summed E-state index contributed by atoms with van der Waals surface area (Å²) in [5.41, 5.74) is 5.53. The molecule has 3 rings (SSSR count). The Morgan fingerprint density at radius 3 is 2.64 bits per heavy atom. The number of morpholine rings is 1. The fourth-order valence-corrected chi connectivity index (χ4v) is 4.53. The molecule has 2 amide bonds. The van der Waals surface area contributed by atoms with Crippen LogP contribution in [-0.2, 0) is 4.74 Å². The van der Waals surface area contributed by atoms with Crippen molar-refractivity contribution in [2.24, 2.45) is 5.73 Å². The van der Waals surface area contributed by atoms with Gasteiger partial charge in [-0.3, -0.25) is 9.59 Å². The molecule has 6 nitrogen and oxygen atoms in total. The number of anilines is 1. The maximum atomic E-state index is 13.7. The number of carbonyl (C=O) groups excluding carboxylic acids is 2. The normalized spacial score (nSPS) is 15.1. The SMILES string of the molecule is NC(=O)c1cc(SN2CCOCC2)sc1NC(=O)c1ccccc1F. The quantitative estimate of drug-likeness (QED) is 0.778. The summed E-state index contributed by atoms with van der Waals surface area (Å²) in [6.07, 6.45) is 0. The van der Waals surface area contributed by atoms with Crippen molar-refractivity contribution >= 4 is 40.1 Å². The molecule has 9 heteroatoms. The van der Waals surface area contributed by atoms with E-state index < -0.39 is 17.6 Å². The summed E-state index contributed by atoms with van der Waals surface area (Å²) < 4.78 is 22.0. The highest BCUT2D eigenvalue weighted by molar-refractivity contribution is 7.99. The van der Waals surface area contributed by atoms with Gasteiger partial charge < -0.3 is 15.8 Å². The second kappa shape index (κ2) is 7.96. The van der Waals surface area contributed by atoms with Crippen LogP contribution in [0.2, 0.25) is 0 Å². The number of thiophene rings is 1. The zero-order valence-corrected chi connectivity index (χ0v) is 14.8. The number of carbonyl (C=O) groups is 2. The van der Waals surface area contributed by atoms with E-state index in [1.807, 2.05) is 0 Å². The molecular weight excluding hydrogens is 365 g/mol. The van der Waals surface area contributed by atoms with Crippen LogP contribution in [0, 0.1) is 5.82 Å². The first-order valence-corrected chi connectivity index (χ1v) is 9.14. The summed E-state index contributed by atoms with van der Waals surface area (Å²) in [5, 5.41) is 2.91. The van der Waals surface area contributed by atoms with Crippen LogP contribution in [0.5, 0.6) is 0 Å². The van der Waals surface area contributed by atoms with Gasteiger partial charge in [-0.1, -0.05) is 12.1 Å². The third-order valence-electron chi connectivity index (χ3n) is 3.51. The Morgan fingerprint density at radius 2 is 1.96 bits per heavy atom. The Kier molecular flexibility index (Phi) is 5.69. The van der Waals surface area contributed by atoms with Crippen LogP contribution in [0.1, 0.15) is 20.7 Å². The average molecular weight is 381 g/mol. The third-order valence-corrected chi connectivity index (χ3v) is 5.75. The molecule has 132 valence electrons. The lowest BCUT2D eigenvalue weighted by molar-refractivity contribution is 0.0773. The van der Waals surface area contributed by atoms with Gasteiger partial charge in [0.2, 0.25) is 0 Å². The topological polar surface area (TPSA) is 84.7 Å². The molecule has 0 radical (unpaired) electrons. The first kappa shape index (κ1) is 17.9. The number of hydrogen-bond donors (Lipinski definition) is 2. The molecule has 25 heavy (non-hydrogen) atoms. The van der Waals surface area contributed by atoms with E-state index in [9.17, 15) is 14.0 Å². The monoisotopic (exact) mass is 381 g/mol. The zero-order valence-electron chi connectivity index (χ0n) is 13.2. The number of primary amides is 1. The van der Waals surface area contributed by atoms with Gasteiger partial charge in [0.05, 0.1) is 28.5 Å². The molecule has 1 aliphatic rings. The Morgan fingerprint density at radius 1 is 1.24 bits per heavy atom. The number of ether oxygens (including phenoxy) is 1. The van der Waals surface area contributed by atoms with E-state index in [0.717, 1.165) is 17.3 Å². The molecule has 0 spiro atoms. The standard InChI is InChI=1S/C16H16FN3O3S2/c17-12-4-2-1-3-10(12)15(22)19-16-11(14(18)21)9-13(24-16)25-20-5-7-23-8-6-20/h1-4,9H,5-8H2,(H2,18,21)(H,19,22). The number of benzene rings is 1. The molecule has 0 saturated carbocycles. The Bertz CT molecular complexity index is 791. The number of rotatable bonds is 5. The second-order valence-corrected chi connectivity index (χ2v) is 7.69. The lowest BCUT2D eigenvalue weighted by Gasteiger charge is -2.24. The summed E-state index contributed by atoms with van der Waals surface area (Å²) in [5.74, 6) is -1.89. The van der Waals surface area contributed by atoms with E-state index in [0.29, 0.717) is 18.2 Å². The molecule has 0 bridgehead atoms. The van der Waals surface area contributed by atoms with E-state index in [1.165, 1.54) is 41.5 Å². The number of hydrogen-bond acceptors (Lipinski definition) is 6. The van der Waals surface area contributed by atoms with Crippen molar-refractivity contribution in [3.63, 3.8) is 0 Å². The molecular formula is C16H16FN3O3S2. The van der Waals surface area contributed by atoms with Crippen molar-refractivity contribution in [1.29, 1.82) is 0 Å². The minimum atomic E-state index is -0.645. The lowest BCUT2D eigenvalue weighted by Crippen LogP contribution is -2.30. The van der Waals surface area contributed by atoms with Gasteiger partial charge in [0.15, 0.2) is 0 Å². The van der Waals surface area contributed by atoms with E-state index in [-0.39, 0.29) is 11.1 Å². The minimum absolute atomic E-state index is 0.0892.